The molecule has 0 fully saturated rings. The lowest BCUT2D eigenvalue weighted by atomic mass is 10.6. The molecule has 12 heavy (non-hydrogen) atoms. The second kappa shape index (κ2) is 4.48. The minimum Gasteiger partial charge on any atom is -0.465 e. The Bertz CT molecular complexity index is 252. The van der Waals surface area contributed by atoms with Gasteiger partial charge in [-0.05, 0) is 0 Å². The molecule has 0 aromatic carbocycles. The molecule has 0 aliphatic carbocycles. The maximum Gasteiger partial charge on any atom is 0.404 e. The molecule has 0 atom stereocenters. The van der Waals surface area contributed by atoms with Crippen molar-refractivity contribution >= 4 is 26.0 Å². The zero-order valence-corrected chi connectivity index (χ0v) is 7.89. The van der Waals surface area contributed by atoms with Crippen LogP contribution in [0.5, 0.6) is 0 Å². The van der Waals surface area contributed by atoms with Gasteiger partial charge in [0, 0.05) is 30.8 Å². The normalized spacial score (nSPS) is 11.6. The molecule has 0 aliphatic rings. The summed E-state index contributed by atoms with van der Waals surface area (Å²) in [5, 5.41) is 10.1. The molecule has 1 amide bonds. The molecule has 2 N–H and O–H groups in total. The molecular formula is C4H9ClN2O4S. The van der Waals surface area contributed by atoms with Gasteiger partial charge in [-0.2, -0.15) is 12.7 Å². The summed E-state index contributed by atoms with van der Waals surface area (Å²) in [5.41, 5.74) is 0. The molecule has 0 rings (SSSR count). The number of nitrogens with zero attached hydrogens (tertiary/aromatic N) is 1. The fourth-order valence-electron chi connectivity index (χ4n) is 0.429. The maximum absolute atomic E-state index is 10.5. The maximum atomic E-state index is 10.5. The summed E-state index contributed by atoms with van der Waals surface area (Å²) < 4.78 is 21.9. The minimum absolute atomic E-state index is 0.0117. The Morgan fingerprint density at radius 3 is 2.50 bits per heavy atom. The van der Waals surface area contributed by atoms with E-state index in [0.29, 0.717) is 0 Å². The standard InChI is InChI=1S/C4H9ClN2O4S/c1-7(12(5,10)11)3-2-6-4(8)9/h6H,2-3H2,1H3,(H,8,9). The highest BCUT2D eigenvalue weighted by atomic mass is 35.7. The van der Waals surface area contributed by atoms with Gasteiger partial charge in [0.15, 0.2) is 0 Å². The third-order valence-corrected chi connectivity index (χ3v) is 2.71. The van der Waals surface area contributed by atoms with E-state index in [-0.39, 0.29) is 13.1 Å². The Hall–Kier alpha value is -0.530. The van der Waals surface area contributed by atoms with E-state index in [9.17, 15) is 13.2 Å². The predicted octanol–water partition coefficient (Wildman–Crippen LogP) is -0.331. The second-order valence-corrected chi connectivity index (χ2v) is 4.61. The van der Waals surface area contributed by atoms with E-state index in [0.717, 1.165) is 4.31 Å². The van der Waals surface area contributed by atoms with Crippen LogP contribution in [0.2, 0.25) is 0 Å². The average Bonchev–Trinajstić information content (AvgIpc) is 1.84. The van der Waals surface area contributed by atoms with Crippen molar-refractivity contribution in [1.82, 2.24) is 9.62 Å². The van der Waals surface area contributed by atoms with Crippen LogP contribution in [0.4, 0.5) is 4.79 Å². The summed E-state index contributed by atoms with van der Waals surface area (Å²) >= 11 is 0. The van der Waals surface area contributed by atoms with E-state index in [1.54, 1.807) is 0 Å². The van der Waals surface area contributed by atoms with Gasteiger partial charge in [-0.15, -0.1) is 0 Å². The molecule has 0 spiro atoms. The molecule has 0 radical (unpaired) electrons. The third kappa shape index (κ3) is 5.16. The van der Waals surface area contributed by atoms with Crippen molar-refractivity contribution in [1.29, 1.82) is 0 Å². The Kier molecular flexibility index (Phi) is 4.29. The molecule has 72 valence electrons. The van der Waals surface area contributed by atoms with Gasteiger partial charge < -0.3 is 10.4 Å². The molecule has 0 aliphatic heterocycles. The lowest BCUT2D eigenvalue weighted by Crippen LogP contribution is -2.33. The van der Waals surface area contributed by atoms with Gasteiger partial charge in [-0.25, -0.2) is 4.79 Å². The number of amides is 1. The van der Waals surface area contributed by atoms with Gasteiger partial charge in [0.25, 0.3) is 9.24 Å². The van der Waals surface area contributed by atoms with Crippen LogP contribution >= 0.6 is 10.7 Å². The second-order valence-electron chi connectivity index (χ2n) is 2.00. The van der Waals surface area contributed by atoms with Crippen LogP contribution in [0.3, 0.4) is 0 Å². The summed E-state index contributed by atoms with van der Waals surface area (Å²) in [6, 6.07) is 0. The molecule has 0 saturated carbocycles. The Labute approximate surface area is 74.7 Å². The zero-order chi connectivity index (χ0) is 9.78. The highest BCUT2D eigenvalue weighted by Gasteiger charge is 2.12. The number of halogens is 1. The lowest BCUT2D eigenvalue weighted by molar-refractivity contribution is 0.194. The number of nitrogens with one attached hydrogen (secondary N) is 1. The number of carboxylic acid groups (broad SMARTS) is 1. The molecule has 0 unspecified atom stereocenters. The molecule has 0 saturated heterocycles. The van der Waals surface area contributed by atoms with E-state index < -0.39 is 15.3 Å². The summed E-state index contributed by atoms with van der Waals surface area (Å²) in [4.78, 5) is 9.92. The van der Waals surface area contributed by atoms with E-state index in [1.165, 1.54) is 7.05 Å². The van der Waals surface area contributed by atoms with Crippen LogP contribution in [-0.4, -0.2) is 44.1 Å². The molecule has 0 aromatic heterocycles. The van der Waals surface area contributed by atoms with Gasteiger partial charge in [0.1, 0.15) is 0 Å². The van der Waals surface area contributed by atoms with E-state index >= 15 is 0 Å². The first kappa shape index (κ1) is 11.5. The molecule has 0 bridgehead atoms. The minimum atomic E-state index is -3.73. The predicted molar refractivity (Wildman–Crippen MR) is 43.4 cm³/mol. The molecule has 8 heteroatoms. The van der Waals surface area contributed by atoms with Crippen molar-refractivity contribution in [3.8, 4) is 0 Å². The highest BCUT2D eigenvalue weighted by Crippen LogP contribution is 2.00. The summed E-state index contributed by atoms with van der Waals surface area (Å²) in [6.07, 6.45) is -1.20. The van der Waals surface area contributed by atoms with Crippen LogP contribution in [0.1, 0.15) is 0 Å². The highest BCUT2D eigenvalue weighted by molar-refractivity contribution is 8.11. The Morgan fingerprint density at radius 1 is 1.67 bits per heavy atom. The van der Waals surface area contributed by atoms with Crippen LogP contribution in [0.15, 0.2) is 0 Å². The van der Waals surface area contributed by atoms with Gasteiger partial charge in [-0.3, -0.25) is 0 Å². The molecule has 6 nitrogen and oxygen atoms in total. The van der Waals surface area contributed by atoms with Crippen molar-refractivity contribution in [2.75, 3.05) is 20.1 Å². The summed E-state index contributed by atoms with van der Waals surface area (Å²) in [7, 11) is 2.45. The topological polar surface area (TPSA) is 86.7 Å². The molecule has 0 aromatic rings. The number of likely N-dealkylation sites (N-methyl/N-ethyl adjacent to an activating group) is 1. The van der Waals surface area contributed by atoms with Crippen LogP contribution in [-0.2, 0) is 9.24 Å². The summed E-state index contributed by atoms with van der Waals surface area (Å²) in [6.45, 7) is 0.0237. The Balaban J connectivity index is 3.73. The van der Waals surface area contributed by atoms with E-state index in [4.69, 9.17) is 15.8 Å². The first-order valence-corrected chi connectivity index (χ1v) is 5.23. The quantitative estimate of drug-likeness (QED) is 0.630. The SMILES string of the molecule is CN(CCNC(=O)O)S(=O)(=O)Cl. The van der Waals surface area contributed by atoms with Crippen molar-refractivity contribution in [3.63, 3.8) is 0 Å². The smallest absolute Gasteiger partial charge is 0.404 e. The lowest BCUT2D eigenvalue weighted by Gasteiger charge is -2.10. The van der Waals surface area contributed by atoms with Gasteiger partial charge in [-0.1, -0.05) is 0 Å². The van der Waals surface area contributed by atoms with Crippen molar-refractivity contribution in [3.05, 3.63) is 0 Å². The number of carbonyl (C=O) groups is 1. The number of rotatable bonds is 4. The zero-order valence-electron chi connectivity index (χ0n) is 6.32. The fourth-order valence-corrected chi connectivity index (χ4v) is 0.946. The number of hydrogen-bond donors (Lipinski definition) is 2. The van der Waals surface area contributed by atoms with Crippen LogP contribution in [0.25, 0.3) is 0 Å². The van der Waals surface area contributed by atoms with Crippen LogP contribution in [0, 0.1) is 0 Å². The monoisotopic (exact) mass is 216 g/mol. The molecule has 0 heterocycles. The van der Waals surface area contributed by atoms with Gasteiger partial charge in [0.05, 0.1) is 0 Å². The average molecular weight is 217 g/mol. The van der Waals surface area contributed by atoms with E-state index in [1.807, 2.05) is 5.32 Å². The fraction of sp³-hybridized carbons (Fsp3) is 0.750. The van der Waals surface area contributed by atoms with Crippen molar-refractivity contribution in [2.24, 2.45) is 0 Å². The van der Waals surface area contributed by atoms with Crippen molar-refractivity contribution < 1.29 is 18.3 Å². The molecular weight excluding hydrogens is 208 g/mol. The largest absolute Gasteiger partial charge is 0.465 e. The third-order valence-electron chi connectivity index (χ3n) is 1.08. The van der Waals surface area contributed by atoms with Crippen LogP contribution < -0.4 is 5.32 Å². The first-order chi connectivity index (χ1) is 5.34. The van der Waals surface area contributed by atoms with Gasteiger partial charge >= 0.3 is 6.09 Å². The Morgan fingerprint density at radius 2 is 2.17 bits per heavy atom. The van der Waals surface area contributed by atoms with Gasteiger partial charge in [0.2, 0.25) is 0 Å². The number of hydrogen-bond acceptors (Lipinski definition) is 3. The van der Waals surface area contributed by atoms with E-state index in [2.05, 4.69) is 0 Å². The first-order valence-electron chi connectivity index (χ1n) is 2.96. The van der Waals surface area contributed by atoms with Crippen molar-refractivity contribution in [2.45, 2.75) is 0 Å². The summed E-state index contributed by atoms with van der Waals surface area (Å²) in [5.74, 6) is 0.